The molecule has 174 valence electrons. The fourth-order valence-corrected chi connectivity index (χ4v) is 4.69. The van der Waals surface area contributed by atoms with E-state index in [0.717, 1.165) is 11.1 Å². The number of likely N-dealkylation sites (tertiary alicyclic amines) is 1. The van der Waals surface area contributed by atoms with Gasteiger partial charge in [-0.1, -0.05) is 38.1 Å². The van der Waals surface area contributed by atoms with Gasteiger partial charge in [-0.2, -0.15) is 0 Å². The average molecular weight is 449 g/mol. The van der Waals surface area contributed by atoms with E-state index in [1.54, 1.807) is 29.4 Å². The van der Waals surface area contributed by atoms with E-state index >= 15 is 0 Å². The summed E-state index contributed by atoms with van der Waals surface area (Å²) in [5, 5.41) is 3.05. The summed E-state index contributed by atoms with van der Waals surface area (Å²) in [6, 6.07) is 11.1. The van der Waals surface area contributed by atoms with E-state index in [1.165, 1.54) is 0 Å². The van der Waals surface area contributed by atoms with Crippen molar-refractivity contribution in [1.82, 2.24) is 20.1 Å². The monoisotopic (exact) mass is 448 g/mol. The number of aromatic nitrogens is 1. The van der Waals surface area contributed by atoms with Crippen LogP contribution in [0.3, 0.4) is 0 Å². The summed E-state index contributed by atoms with van der Waals surface area (Å²) in [7, 11) is 0. The van der Waals surface area contributed by atoms with Gasteiger partial charge >= 0.3 is 0 Å². The van der Waals surface area contributed by atoms with Crippen LogP contribution in [0.2, 0.25) is 0 Å². The van der Waals surface area contributed by atoms with Gasteiger partial charge in [0.25, 0.3) is 5.91 Å². The van der Waals surface area contributed by atoms with Crippen LogP contribution >= 0.6 is 0 Å². The number of carbonyl (C=O) groups excluding carboxylic acids is 3. The molecule has 0 spiro atoms. The zero-order chi connectivity index (χ0) is 23.4. The van der Waals surface area contributed by atoms with Gasteiger partial charge in [0.05, 0.1) is 5.56 Å². The summed E-state index contributed by atoms with van der Waals surface area (Å²) >= 11 is 0. The lowest BCUT2D eigenvalue weighted by Gasteiger charge is -2.41. The van der Waals surface area contributed by atoms with Crippen molar-refractivity contribution in [2.45, 2.75) is 58.2 Å². The quantitative estimate of drug-likeness (QED) is 0.763. The Kier molecular flexibility index (Phi) is 7.06. The number of fused-ring (bicyclic) bond motifs is 1. The van der Waals surface area contributed by atoms with Crippen LogP contribution in [0.1, 0.15) is 54.6 Å². The molecule has 4 rings (SSSR count). The Morgan fingerprint density at radius 2 is 1.79 bits per heavy atom. The summed E-state index contributed by atoms with van der Waals surface area (Å²) in [6.45, 7) is 5.67. The van der Waals surface area contributed by atoms with Gasteiger partial charge in [0.2, 0.25) is 11.8 Å². The first kappa shape index (κ1) is 23.0. The zero-order valence-electron chi connectivity index (χ0n) is 19.4. The third kappa shape index (κ3) is 5.41. The lowest BCUT2D eigenvalue weighted by Crippen LogP contribution is -2.56. The van der Waals surface area contributed by atoms with Crippen LogP contribution in [0.5, 0.6) is 0 Å². The van der Waals surface area contributed by atoms with Crippen molar-refractivity contribution in [3.63, 3.8) is 0 Å². The second-order valence-electron chi connectivity index (χ2n) is 9.42. The molecule has 7 heteroatoms. The van der Waals surface area contributed by atoms with Gasteiger partial charge in [0.15, 0.2) is 0 Å². The fourth-order valence-electron chi connectivity index (χ4n) is 4.69. The van der Waals surface area contributed by atoms with Crippen LogP contribution in [0.4, 0.5) is 0 Å². The SMILES string of the molecule is CC(C)CC(=O)N1Cc2ccccc2CC1C(=O)N1CCC(NC(=O)c2cccnc2)CC1. The van der Waals surface area contributed by atoms with E-state index in [9.17, 15) is 14.4 Å². The molecular formula is C26H32N4O3. The topological polar surface area (TPSA) is 82.6 Å². The number of benzene rings is 1. The van der Waals surface area contributed by atoms with E-state index in [0.29, 0.717) is 50.9 Å². The molecule has 0 saturated carbocycles. The summed E-state index contributed by atoms with van der Waals surface area (Å²) in [5.41, 5.74) is 2.80. The fraction of sp³-hybridized carbons (Fsp3) is 0.462. The molecule has 0 bridgehead atoms. The Morgan fingerprint density at radius 1 is 1.06 bits per heavy atom. The highest BCUT2D eigenvalue weighted by molar-refractivity contribution is 5.94. The molecule has 7 nitrogen and oxygen atoms in total. The van der Waals surface area contributed by atoms with Crippen LogP contribution in [-0.2, 0) is 22.6 Å². The first-order valence-corrected chi connectivity index (χ1v) is 11.8. The van der Waals surface area contributed by atoms with Crippen LogP contribution in [-0.4, -0.2) is 57.7 Å². The molecule has 3 amide bonds. The summed E-state index contributed by atoms with van der Waals surface area (Å²) in [4.78, 5) is 46.6. The number of rotatable bonds is 5. The van der Waals surface area contributed by atoms with Crippen molar-refractivity contribution >= 4 is 17.7 Å². The molecule has 1 N–H and O–H groups in total. The maximum atomic E-state index is 13.6. The maximum absolute atomic E-state index is 13.6. The molecular weight excluding hydrogens is 416 g/mol. The highest BCUT2D eigenvalue weighted by Gasteiger charge is 2.37. The number of pyridine rings is 1. The maximum Gasteiger partial charge on any atom is 0.253 e. The second-order valence-corrected chi connectivity index (χ2v) is 9.42. The highest BCUT2D eigenvalue weighted by atomic mass is 16.2. The van der Waals surface area contributed by atoms with Gasteiger partial charge in [-0.15, -0.1) is 0 Å². The molecule has 1 unspecified atom stereocenters. The minimum Gasteiger partial charge on any atom is -0.349 e. The predicted molar refractivity (Wildman–Crippen MR) is 125 cm³/mol. The van der Waals surface area contributed by atoms with Crippen molar-refractivity contribution in [1.29, 1.82) is 0 Å². The summed E-state index contributed by atoms with van der Waals surface area (Å²) < 4.78 is 0. The van der Waals surface area contributed by atoms with Gasteiger partial charge in [0, 0.05) is 50.9 Å². The van der Waals surface area contributed by atoms with E-state index in [-0.39, 0.29) is 29.7 Å². The Morgan fingerprint density at radius 3 is 2.45 bits per heavy atom. The molecule has 0 radical (unpaired) electrons. The third-order valence-electron chi connectivity index (χ3n) is 6.50. The van der Waals surface area contributed by atoms with Crippen LogP contribution in [0, 0.1) is 5.92 Å². The van der Waals surface area contributed by atoms with Crippen LogP contribution in [0.15, 0.2) is 48.8 Å². The predicted octanol–water partition coefficient (Wildman–Crippen LogP) is 2.80. The van der Waals surface area contributed by atoms with Crippen molar-refractivity contribution < 1.29 is 14.4 Å². The number of hydrogen-bond donors (Lipinski definition) is 1. The normalized spacial score (nSPS) is 18.7. The zero-order valence-corrected chi connectivity index (χ0v) is 19.4. The molecule has 1 aromatic carbocycles. The molecule has 33 heavy (non-hydrogen) atoms. The first-order chi connectivity index (χ1) is 15.9. The summed E-state index contributed by atoms with van der Waals surface area (Å²) in [6.07, 6.45) is 5.57. The number of nitrogens with one attached hydrogen (secondary N) is 1. The Labute approximate surface area is 195 Å². The minimum atomic E-state index is -0.465. The largest absolute Gasteiger partial charge is 0.349 e. The minimum absolute atomic E-state index is 0.0126. The standard InChI is InChI=1S/C26H32N4O3/c1-18(2)14-24(31)30-17-21-7-4-3-6-19(21)15-23(30)26(33)29-12-9-22(10-13-29)28-25(32)20-8-5-11-27-16-20/h3-8,11,16,18,22-23H,9-10,12-15,17H2,1-2H3,(H,28,32). The molecule has 3 heterocycles. The Balaban J connectivity index is 1.41. The van der Waals surface area contributed by atoms with Gasteiger partial charge < -0.3 is 15.1 Å². The van der Waals surface area contributed by atoms with E-state index in [1.807, 2.05) is 36.9 Å². The lowest BCUT2D eigenvalue weighted by molar-refractivity contribution is -0.148. The Hall–Kier alpha value is -3.22. The van der Waals surface area contributed by atoms with Gasteiger partial charge in [-0.3, -0.25) is 19.4 Å². The van der Waals surface area contributed by atoms with Crippen molar-refractivity contribution in [3.8, 4) is 0 Å². The molecule has 2 aliphatic heterocycles. The number of hydrogen-bond acceptors (Lipinski definition) is 4. The first-order valence-electron chi connectivity index (χ1n) is 11.8. The molecule has 1 aromatic heterocycles. The number of piperidine rings is 1. The molecule has 1 saturated heterocycles. The Bertz CT molecular complexity index is 1000. The molecule has 2 aliphatic rings. The lowest BCUT2D eigenvalue weighted by atomic mass is 9.91. The van der Waals surface area contributed by atoms with Crippen LogP contribution < -0.4 is 5.32 Å². The summed E-state index contributed by atoms with van der Waals surface area (Å²) in [5.74, 6) is 0.155. The number of carbonyl (C=O) groups is 3. The van der Waals surface area contributed by atoms with Crippen LogP contribution in [0.25, 0.3) is 0 Å². The molecule has 0 aliphatic carbocycles. The molecule has 1 atom stereocenters. The second kappa shape index (κ2) is 10.1. The number of nitrogens with zero attached hydrogens (tertiary/aromatic N) is 3. The van der Waals surface area contributed by atoms with Gasteiger partial charge in [0.1, 0.15) is 6.04 Å². The van der Waals surface area contributed by atoms with E-state index < -0.39 is 6.04 Å². The van der Waals surface area contributed by atoms with Gasteiger partial charge in [-0.25, -0.2) is 0 Å². The smallest absolute Gasteiger partial charge is 0.253 e. The molecule has 1 fully saturated rings. The van der Waals surface area contributed by atoms with Crippen molar-refractivity contribution in [2.75, 3.05) is 13.1 Å². The molecule has 2 aromatic rings. The highest BCUT2D eigenvalue weighted by Crippen LogP contribution is 2.27. The number of amides is 3. The van der Waals surface area contributed by atoms with E-state index in [4.69, 9.17) is 0 Å². The van der Waals surface area contributed by atoms with E-state index in [2.05, 4.69) is 16.4 Å². The average Bonchev–Trinajstić information content (AvgIpc) is 2.83. The third-order valence-corrected chi connectivity index (χ3v) is 6.50. The van der Waals surface area contributed by atoms with Gasteiger partial charge in [-0.05, 0) is 42.0 Å². The van der Waals surface area contributed by atoms with Crippen molar-refractivity contribution in [2.24, 2.45) is 5.92 Å². The van der Waals surface area contributed by atoms with Crippen molar-refractivity contribution in [3.05, 3.63) is 65.5 Å².